The first-order valence-electron chi connectivity index (χ1n) is 9.89. The lowest BCUT2D eigenvalue weighted by molar-refractivity contribution is 0.197. The van der Waals surface area contributed by atoms with E-state index in [1.165, 1.54) is 24.1 Å². The van der Waals surface area contributed by atoms with Crippen molar-refractivity contribution in [3.05, 3.63) is 84.3 Å². The van der Waals surface area contributed by atoms with Crippen molar-refractivity contribution in [2.75, 3.05) is 13.1 Å². The van der Waals surface area contributed by atoms with Gasteiger partial charge in [-0.2, -0.15) is 5.10 Å². The molecule has 1 aliphatic heterocycles. The minimum Gasteiger partial charge on any atom is -0.298 e. The molecule has 0 aliphatic carbocycles. The maximum Gasteiger partial charge on any atom is 0.155 e. The van der Waals surface area contributed by atoms with Gasteiger partial charge in [0.1, 0.15) is 5.69 Å². The van der Waals surface area contributed by atoms with Crippen LogP contribution in [0.4, 0.5) is 0 Å². The van der Waals surface area contributed by atoms with E-state index in [-0.39, 0.29) is 0 Å². The number of hydrogen-bond donors (Lipinski definition) is 0. The quantitative estimate of drug-likeness (QED) is 0.542. The van der Waals surface area contributed by atoms with Gasteiger partial charge in [-0.3, -0.25) is 9.88 Å². The summed E-state index contributed by atoms with van der Waals surface area (Å²) in [4.78, 5) is 11.5. The van der Waals surface area contributed by atoms with Crippen LogP contribution < -0.4 is 0 Å². The van der Waals surface area contributed by atoms with E-state index in [1.54, 1.807) is 6.20 Å². The van der Waals surface area contributed by atoms with Gasteiger partial charge in [0.05, 0.1) is 11.4 Å². The number of aromatic nitrogens is 4. The summed E-state index contributed by atoms with van der Waals surface area (Å²) >= 11 is 0. The Hall–Kier alpha value is -3.05. The average Bonchev–Trinajstić information content (AvgIpc) is 3.20. The van der Waals surface area contributed by atoms with Crippen LogP contribution >= 0.6 is 0 Å². The molecule has 5 rings (SSSR count). The van der Waals surface area contributed by atoms with E-state index < -0.39 is 0 Å². The molecule has 4 aromatic rings. The highest BCUT2D eigenvalue weighted by Gasteiger charge is 2.24. The Bertz CT molecular complexity index is 1060. The number of rotatable bonds is 4. The molecule has 1 unspecified atom stereocenters. The Morgan fingerprint density at radius 1 is 0.893 bits per heavy atom. The third-order valence-corrected chi connectivity index (χ3v) is 5.49. The van der Waals surface area contributed by atoms with Gasteiger partial charge in [0, 0.05) is 37.5 Å². The first kappa shape index (κ1) is 17.1. The van der Waals surface area contributed by atoms with E-state index in [0.717, 1.165) is 36.7 Å². The van der Waals surface area contributed by atoms with Gasteiger partial charge in [0.25, 0.3) is 0 Å². The molecule has 5 nitrogen and oxygen atoms in total. The van der Waals surface area contributed by atoms with Crippen LogP contribution in [0.15, 0.2) is 73.1 Å². The predicted molar refractivity (Wildman–Crippen MR) is 110 cm³/mol. The summed E-state index contributed by atoms with van der Waals surface area (Å²) in [7, 11) is 0. The van der Waals surface area contributed by atoms with Crippen LogP contribution in [0.5, 0.6) is 0 Å². The number of likely N-dealkylation sites (tertiary alicyclic amines) is 1. The zero-order chi connectivity index (χ0) is 18.8. The van der Waals surface area contributed by atoms with Gasteiger partial charge in [-0.15, -0.1) is 0 Å². The molecule has 1 atom stereocenters. The molecule has 1 aromatic carbocycles. The normalized spacial score (nSPS) is 17.8. The molecule has 0 saturated carbocycles. The SMILES string of the molecule is c1ccc(CN2CCCC(c3ccnc4cc(-c5ccccn5)nn34)C2)cc1. The predicted octanol–water partition coefficient (Wildman–Crippen LogP) is 4.17. The largest absolute Gasteiger partial charge is 0.298 e. The molecule has 28 heavy (non-hydrogen) atoms. The lowest BCUT2D eigenvalue weighted by atomic mass is 9.94. The van der Waals surface area contributed by atoms with Crippen molar-refractivity contribution >= 4 is 5.65 Å². The van der Waals surface area contributed by atoms with Gasteiger partial charge in [-0.25, -0.2) is 9.50 Å². The number of fused-ring (bicyclic) bond motifs is 1. The van der Waals surface area contributed by atoms with Crippen LogP contribution in [0.2, 0.25) is 0 Å². The van der Waals surface area contributed by atoms with Crippen LogP contribution in [0.25, 0.3) is 17.0 Å². The summed E-state index contributed by atoms with van der Waals surface area (Å²) in [6, 6.07) is 20.8. The molecule has 0 amide bonds. The number of piperidine rings is 1. The second-order valence-electron chi connectivity index (χ2n) is 7.44. The number of nitrogens with zero attached hydrogens (tertiary/aromatic N) is 5. The summed E-state index contributed by atoms with van der Waals surface area (Å²) in [6.45, 7) is 3.20. The molecule has 3 aromatic heterocycles. The highest BCUT2D eigenvalue weighted by Crippen LogP contribution is 2.28. The minimum atomic E-state index is 0.458. The zero-order valence-electron chi connectivity index (χ0n) is 15.8. The van der Waals surface area contributed by atoms with Crippen molar-refractivity contribution in [1.29, 1.82) is 0 Å². The lowest BCUT2D eigenvalue weighted by Gasteiger charge is -2.33. The summed E-state index contributed by atoms with van der Waals surface area (Å²) in [6.07, 6.45) is 6.10. The zero-order valence-corrected chi connectivity index (χ0v) is 15.8. The van der Waals surface area contributed by atoms with Crippen molar-refractivity contribution in [2.24, 2.45) is 0 Å². The summed E-state index contributed by atoms with van der Waals surface area (Å²) < 4.78 is 2.01. The first-order chi connectivity index (χ1) is 13.9. The van der Waals surface area contributed by atoms with E-state index in [2.05, 4.69) is 51.3 Å². The molecule has 140 valence electrons. The Morgan fingerprint density at radius 3 is 2.64 bits per heavy atom. The summed E-state index contributed by atoms with van der Waals surface area (Å²) in [5.74, 6) is 0.458. The fourth-order valence-corrected chi connectivity index (χ4v) is 4.14. The van der Waals surface area contributed by atoms with Gasteiger partial charge in [-0.1, -0.05) is 36.4 Å². The Balaban J connectivity index is 1.43. The molecule has 0 N–H and O–H groups in total. The molecule has 0 bridgehead atoms. The number of benzene rings is 1. The molecule has 1 aliphatic rings. The molecule has 1 saturated heterocycles. The third kappa shape index (κ3) is 3.41. The number of pyridine rings is 1. The van der Waals surface area contributed by atoms with E-state index >= 15 is 0 Å². The molecule has 0 spiro atoms. The Kier molecular flexibility index (Phi) is 4.59. The smallest absolute Gasteiger partial charge is 0.155 e. The van der Waals surface area contributed by atoms with Crippen LogP contribution in [0.3, 0.4) is 0 Å². The van der Waals surface area contributed by atoms with Crippen LogP contribution in [0, 0.1) is 0 Å². The van der Waals surface area contributed by atoms with Crippen LogP contribution in [-0.4, -0.2) is 37.6 Å². The van der Waals surface area contributed by atoms with Crippen LogP contribution in [0.1, 0.15) is 30.0 Å². The second-order valence-corrected chi connectivity index (χ2v) is 7.44. The molecular weight excluding hydrogens is 346 g/mol. The topological polar surface area (TPSA) is 46.3 Å². The van der Waals surface area contributed by atoms with Crippen molar-refractivity contribution < 1.29 is 0 Å². The average molecular weight is 369 g/mol. The van der Waals surface area contributed by atoms with Crippen molar-refractivity contribution in [2.45, 2.75) is 25.3 Å². The first-order valence-corrected chi connectivity index (χ1v) is 9.89. The molecule has 0 radical (unpaired) electrons. The van der Waals surface area contributed by atoms with E-state index in [0.29, 0.717) is 5.92 Å². The Morgan fingerprint density at radius 2 is 1.79 bits per heavy atom. The Labute approximate surface area is 164 Å². The fraction of sp³-hybridized carbons (Fsp3) is 0.261. The van der Waals surface area contributed by atoms with Crippen molar-refractivity contribution in [3.8, 4) is 11.4 Å². The maximum absolute atomic E-state index is 4.84. The number of hydrogen-bond acceptors (Lipinski definition) is 4. The monoisotopic (exact) mass is 369 g/mol. The second kappa shape index (κ2) is 7.52. The minimum absolute atomic E-state index is 0.458. The third-order valence-electron chi connectivity index (χ3n) is 5.49. The standard InChI is InChI=1S/C23H23N5/c1-2-7-18(8-3-1)16-27-14-6-9-19(17-27)22-11-13-25-23-15-21(26-28(22)23)20-10-4-5-12-24-20/h1-5,7-8,10-13,15,19H,6,9,14,16-17H2. The van der Waals surface area contributed by atoms with Gasteiger partial charge in [0.2, 0.25) is 0 Å². The van der Waals surface area contributed by atoms with Gasteiger partial charge < -0.3 is 0 Å². The van der Waals surface area contributed by atoms with Crippen molar-refractivity contribution in [1.82, 2.24) is 24.5 Å². The van der Waals surface area contributed by atoms with E-state index in [9.17, 15) is 0 Å². The summed E-state index contributed by atoms with van der Waals surface area (Å²) in [5, 5.41) is 4.84. The highest BCUT2D eigenvalue weighted by molar-refractivity contribution is 5.60. The van der Waals surface area contributed by atoms with Crippen molar-refractivity contribution in [3.63, 3.8) is 0 Å². The van der Waals surface area contributed by atoms with Gasteiger partial charge in [-0.05, 0) is 43.1 Å². The molecule has 4 heterocycles. The van der Waals surface area contributed by atoms with E-state index in [4.69, 9.17) is 5.10 Å². The lowest BCUT2D eigenvalue weighted by Crippen LogP contribution is -2.34. The molecular formula is C23H23N5. The molecule has 1 fully saturated rings. The van der Waals surface area contributed by atoms with Crippen LogP contribution in [-0.2, 0) is 6.54 Å². The fourth-order valence-electron chi connectivity index (χ4n) is 4.14. The highest BCUT2D eigenvalue weighted by atomic mass is 15.3. The van der Waals surface area contributed by atoms with E-state index in [1.807, 2.05) is 35.0 Å². The van der Waals surface area contributed by atoms with Gasteiger partial charge in [0.15, 0.2) is 5.65 Å². The summed E-state index contributed by atoms with van der Waals surface area (Å²) in [5.41, 5.74) is 5.26. The maximum atomic E-state index is 4.84. The molecule has 5 heteroatoms. The van der Waals surface area contributed by atoms with Gasteiger partial charge >= 0.3 is 0 Å².